The van der Waals surface area contributed by atoms with E-state index in [2.05, 4.69) is 27.7 Å². The minimum Gasteiger partial charge on any atom is -1.00 e. The van der Waals surface area contributed by atoms with Crippen molar-refractivity contribution in [3.8, 4) is 0 Å². The molecule has 0 spiro atoms. The molecule has 0 amide bonds. The fourth-order valence-electron chi connectivity index (χ4n) is 2.64. The van der Waals surface area contributed by atoms with Crippen LogP contribution < -0.4 is 34.0 Å². The number of quaternary nitrogens is 1. The van der Waals surface area contributed by atoms with Crippen LogP contribution in [0.1, 0.15) is 80.5 Å². The van der Waals surface area contributed by atoms with Crippen molar-refractivity contribution in [1.82, 2.24) is 0 Å². The molecule has 0 rings (SSSR count). The van der Waals surface area contributed by atoms with Gasteiger partial charge in [-0.3, -0.25) is 0 Å². The Morgan fingerprint density at radius 3 is 0.895 bits per heavy atom. The van der Waals surface area contributed by atoms with Gasteiger partial charge < -0.3 is 38.4 Å². The lowest BCUT2D eigenvalue weighted by Gasteiger charge is -2.39. The molecule has 0 aromatic carbocycles. The van der Waals surface area contributed by atoms with Crippen molar-refractivity contribution in [2.75, 3.05) is 26.2 Å². The van der Waals surface area contributed by atoms with Crippen molar-refractivity contribution in [3.05, 3.63) is 0 Å². The van der Waals surface area contributed by atoms with Gasteiger partial charge in [-0.1, -0.05) is 53.4 Å². The number of nitrogens with zero attached hydrogens (tertiary/aromatic N) is 1. The molecular weight excluding hydrogens is 366 g/mol. The quantitative estimate of drug-likeness (QED) is 0.372. The molecule has 0 saturated heterocycles. The first-order valence-corrected chi connectivity index (χ1v) is 8.09. The van der Waals surface area contributed by atoms with Crippen molar-refractivity contribution in [2.45, 2.75) is 79.1 Å². The van der Waals surface area contributed by atoms with Gasteiger partial charge in [0, 0.05) is 0 Å². The van der Waals surface area contributed by atoms with E-state index in [1.165, 1.54) is 82.0 Å². The van der Waals surface area contributed by atoms with Gasteiger partial charge in [-0.25, -0.2) is 0 Å². The SMILES string of the molecule is CCCC[N+](CCCC)(CCCC)CCCC.[Br-].[Br-].[H+]. The summed E-state index contributed by atoms with van der Waals surface area (Å²) < 4.78 is 1.42. The fourth-order valence-corrected chi connectivity index (χ4v) is 2.64. The summed E-state index contributed by atoms with van der Waals surface area (Å²) in [4.78, 5) is 0. The summed E-state index contributed by atoms with van der Waals surface area (Å²) in [5, 5.41) is 0. The highest BCUT2D eigenvalue weighted by Gasteiger charge is 2.24. The lowest BCUT2D eigenvalue weighted by molar-refractivity contribution is -0.929. The summed E-state index contributed by atoms with van der Waals surface area (Å²) in [6.45, 7) is 15.0. The topological polar surface area (TPSA) is 0 Å². The first-order valence-electron chi connectivity index (χ1n) is 8.09. The second-order valence-electron chi connectivity index (χ2n) is 5.65. The lowest BCUT2D eigenvalue weighted by atomic mass is 10.1. The van der Waals surface area contributed by atoms with Gasteiger partial charge >= 0.3 is 1.43 Å². The van der Waals surface area contributed by atoms with Crippen molar-refractivity contribution >= 4 is 0 Å². The van der Waals surface area contributed by atoms with Crippen LogP contribution in [-0.2, 0) is 0 Å². The van der Waals surface area contributed by atoms with Crippen molar-refractivity contribution in [1.29, 1.82) is 0 Å². The highest BCUT2D eigenvalue weighted by Crippen LogP contribution is 2.16. The maximum absolute atomic E-state index is 2.33. The molecule has 0 aliphatic rings. The van der Waals surface area contributed by atoms with E-state index in [1.807, 2.05) is 0 Å². The van der Waals surface area contributed by atoms with Crippen LogP contribution in [0.5, 0.6) is 0 Å². The van der Waals surface area contributed by atoms with E-state index in [0.717, 1.165) is 0 Å². The summed E-state index contributed by atoms with van der Waals surface area (Å²) >= 11 is 0. The highest BCUT2D eigenvalue weighted by atomic mass is 79.9. The van der Waals surface area contributed by atoms with Gasteiger partial charge in [0.05, 0.1) is 26.2 Å². The summed E-state index contributed by atoms with van der Waals surface area (Å²) in [6.07, 6.45) is 11.1. The third-order valence-electron chi connectivity index (χ3n) is 3.94. The van der Waals surface area contributed by atoms with Gasteiger partial charge in [0.25, 0.3) is 0 Å². The molecule has 0 heterocycles. The Balaban J connectivity index is -0.000000427. The Labute approximate surface area is 145 Å². The largest absolute Gasteiger partial charge is 1.00 e. The molecule has 0 radical (unpaired) electrons. The molecule has 0 bridgehead atoms. The molecule has 0 saturated carbocycles. The minimum absolute atomic E-state index is 0. The van der Waals surface area contributed by atoms with Crippen molar-refractivity contribution in [3.63, 3.8) is 0 Å². The lowest BCUT2D eigenvalue weighted by Crippen LogP contribution is -3.00. The second-order valence-corrected chi connectivity index (χ2v) is 5.65. The van der Waals surface area contributed by atoms with Crippen LogP contribution in [-0.4, -0.2) is 30.7 Å². The summed E-state index contributed by atoms with van der Waals surface area (Å²) in [5.41, 5.74) is 0. The predicted molar refractivity (Wildman–Crippen MR) is 80.5 cm³/mol. The van der Waals surface area contributed by atoms with E-state index < -0.39 is 0 Å². The van der Waals surface area contributed by atoms with Gasteiger partial charge in [-0.15, -0.1) is 0 Å². The Morgan fingerprint density at radius 1 is 0.526 bits per heavy atom. The monoisotopic (exact) mass is 401 g/mol. The number of rotatable bonds is 12. The molecule has 19 heavy (non-hydrogen) atoms. The van der Waals surface area contributed by atoms with Crippen LogP contribution in [0.25, 0.3) is 0 Å². The van der Waals surface area contributed by atoms with Crippen LogP contribution in [0.15, 0.2) is 0 Å². The Bertz CT molecular complexity index is 131. The summed E-state index contributed by atoms with van der Waals surface area (Å²) in [7, 11) is 0. The van der Waals surface area contributed by atoms with Crippen LogP contribution in [0, 0.1) is 0 Å². The van der Waals surface area contributed by atoms with Gasteiger partial charge in [0.15, 0.2) is 0 Å². The highest BCUT2D eigenvalue weighted by molar-refractivity contribution is 4.49. The second kappa shape index (κ2) is 17.0. The zero-order valence-electron chi connectivity index (χ0n) is 14.7. The van der Waals surface area contributed by atoms with E-state index in [1.54, 1.807) is 0 Å². The smallest absolute Gasteiger partial charge is 1.00 e. The molecule has 3 heteroatoms. The zero-order valence-corrected chi connectivity index (χ0v) is 16.9. The Morgan fingerprint density at radius 2 is 0.737 bits per heavy atom. The van der Waals surface area contributed by atoms with E-state index in [-0.39, 0.29) is 35.4 Å². The maximum atomic E-state index is 2.33. The summed E-state index contributed by atoms with van der Waals surface area (Å²) in [6, 6.07) is 0. The molecule has 0 unspecified atom stereocenters. The van der Waals surface area contributed by atoms with Crippen LogP contribution in [0.3, 0.4) is 0 Å². The Kier molecular flexibility index (Phi) is 22.3. The molecule has 0 aliphatic heterocycles. The fraction of sp³-hybridized carbons (Fsp3) is 1.00. The van der Waals surface area contributed by atoms with E-state index >= 15 is 0 Å². The van der Waals surface area contributed by atoms with Crippen molar-refractivity contribution < 1.29 is 39.9 Å². The maximum Gasteiger partial charge on any atom is 1.00 e. The molecule has 0 aliphatic carbocycles. The van der Waals surface area contributed by atoms with Gasteiger partial charge in [0.2, 0.25) is 0 Å². The van der Waals surface area contributed by atoms with Crippen LogP contribution >= 0.6 is 0 Å². The van der Waals surface area contributed by atoms with Gasteiger partial charge in [-0.2, -0.15) is 0 Å². The molecule has 0 aromatic heterocycles. The van der Waals surface area contributed by atoms with Crippen molar-refractivity contribution in [2.24, 2.45) is 0 Å². The standard InChI is InChI=1S/C16H36N.2BrH/c1-5-9-13-17(14-10-6-2,15-11-7-3)16-12-8-4;;/h5-16H2,1-4H3;2*1H/q+1;;/p-1. The molecule has 1 nitrogen and oxygen atoms in total. The third kappa shape index (κ3) is 12.4. The number of halogens is 2. The van der Waals surface area contributed by atoms with E-state index in [0.29, 0.717) is 0 Å². The average molecular weight is 403 g/mol. The number of hydrogen-bond donors (Lipinski definition) is 0. The average Bonchev–Trinajstić information content (AvgIpc) is 2.37. The molecule has 120 valence electrons. The molecule has 0 atom stereocenters. The van der Waals surface area contributed by atoms with Gasteiger partial charge in [-0.05, 0) is 25.7 Å². The first-order chi connectivity index (χ1) is 8.24. The van der Waals surface area contributed by atoms with Crippen LogP contribution in [0.4, 0.5) is 0 Å². The first kappa shape index (κ1) is 24.9. The third-order valence-corrected chi connectivity index (χ3v) is 3.94. The normalized spacial score (nSPS) is 10.7. The zero-order chi connectivity index (χ0) is 13.0. The minimum atomic E-state index is 0. The Hall–Kier alpha value is 0.920. The molecule has 0 fully saturated rings. The molecule has 0 aromatic rings. The molecular formula is C16H37Br2N. The molecule has 0 N–H and O–H groups in total. The number of unbranched alkanes of at least 4 members (excludes halogenated alkanes) is 4. The summed E-state index contributed by atoms with van der Waals surface area (Å²) in [5.74, 6) is 0. The van der Waals surface area contributed by atoms with E-state index in [4.69, 9.17) is 0 Å². The van der Waals surface area contributed by atoms with E-state index in [9.17, 15) is 0 Å². The predicted octanol–water partition coefficient (Wildman–Crippen LogP) is -0.876. The van der Waals surface area contributed by atoms with Crippen LogP contribution in [0.2, 0.25) is 0 Å². The van der Waals surface area contributed by atoms with Gasteiger partial charge in [0.1, 0.15) is 0 Å². The number of hydrogen-bond acceptors (Lipinski definition) is 0.